The number of hydrogen-bond acceptors (Lipinski definition) is 6. The van der Waals surface area contributed by atoms with Crippen LogP contribution in [0, 0.1) is 11.7 Å². The maximum Gasteiger partial charge on any atom is 0.267 e. The molecule has 0 aliphatic heterocycles. The standard InChI is InChI=1S/C20H22ClFN2O5S/c1-11(12-5-4-6-12)29-20-16(21)7-13(10-23-20)14-8-17(22)15(9-18(14)28-2)19(25)24-30(3,26)27/h7-12H,4-6H2,1-3H3,(H,24,25)/t11-/m0/s1. The molecule has 1 saturated carbocycles. The summed E-state index contributed by atoms with van der Waals surface area (Å²) < 4.78 is 49.9. The quantitative estimate of drug-likeness (QED) is 0.680. The van der Waals surface area contributed by atoms with Gasteiger partial charge in [-0.25, -0.2) is 22.5 Å². The highest BCUT2D eigenvalue weighted by Gasteiger charge is 2.26. The minimum atomic E-state index is -3.84. The Morgan fingerprint density at radius 1 is 1.33 bits per heavy atom. The second-order valence-electron chi connectivity index (χ2n) is 7.26. The third kappa shape index (κ3) is 5.02. The fraction of sp³-hybridized carbons (Fsp3) is 0.400. The number of carbonyl (C=O) groups excluding carboxylic acids is 1. The van der Waals surface area contributed by atoms with E-state index in [-0.39, 0.29) is 16.9 Å². The monoisotopic (exact) mass is 456 g/mol. The van der Waals surface area contributed by atoms with Gasteiger partial charge in [0.15, 0.2) is 0 Å². The van der Waals surface area contributed by atoms with Gasteiger partial charge >= 0.3 is 0 Å². The third-order valence-electron chi connectivity index (χ3n) is 5.04. The first-order valence-corrected chi connectivity index (χ1v) is 11.6. The molecule has 1 aromatic heterocycles. The zero-order chi connectivity index (χ0) is 22.1. The summed E-state index contributed by atoms with van der Waals surface area (Å²) in [6.07, 6.45) is 5.70. The fourth-order valence-corrected chi connectivity index (χ4v) is 3.84. The van der Waals surface area contributed by atoms with Crippen molar-refractivity contribution in [2.75, 3.05) is 13.4 Å². The van der Waals surface area contributed by atoms with E-state index in [0.29, 0.717) is 22.9 Å². The van der Waals surface area contributed by atoms with Gasteiger partial charge < -0.3 is 9.47 Å². The lowest BCUT2D eigenvalue weighted by Crippen LogP contribution is -2.30. The highest BCUT2D eigenvalue weighted by atomic mass is 35.5. The molecule has 1 aliphatic rings. The number of sulfonamides is 1. The normalized spacial score (nSPS) is 15.2. The third-order valence-corrected chi connectivity index (χ3v) is 5.87. The highest BCUT2D eigenvalue weighted by molar-refractivity contribution is 7.89. The molecule has 3 rings (SSSR count). The van der Waals surface area contributed by atoms with Crippen LogP contribution < -0.4 is 14.2 Å². The first kappa shape index (κ1) is 22.3. The van der Waals surface area contributed by atoms with E-state index in [1.54, 1.807) is 10.8 Å². The topological polar surface area (TPSA) is 94.6 Å². The molecular formula is C20H22ClFN2O5S. The number of nitrogens with one attached hydrogen (secondary N) is 1. The van der Waals surface area contributed by atoms with Crippen LogP contribution in [0.5, 0.6) is 11.6 Å². The van der Waals surface area contributed by atoms with Gasteiger partial charge in [0.05, 0.1) is 18.9 Å². The molecule has 30 heavy (non-hydrogen) atoms. The van der Waals surface area contributed by atoms with Crippen molar-refractivity contribution in [3.05, 3.63) is 40.8 Å². The molecule has 1 amide bonds. The summed E-state index contributed by atoms with van der Waals surface area (Å²) in [5.41, 5.74) is 0.294. The molecule has 0 spiro atoms. The Morgan fingerprint density at radius 3 is 2.57 bits per heavy atom. The van der Waals surface area contributed by atoms with Gasteiger partial charge in [-0.1, -0.05) is 18.0 Å². The van der Waals surface area contributed by atoms with Gasteiger partial charge in [0.25, 0.3) is 5.91 Å². The Labute approximate surface area is 179 Å². The lowest BCUT2D eigenvalue weighted by atomic mass is 9.82. The Hall–Kier alpha value is -2.39. The Morgan fingerprint density at radius 2 is 2.03 bits per heavy atom. The summed E-state index contributed by atoms with van der Waals surface area (Å²) in [5.74, 6) is -1.07. The number of rotatable bonds is 7. The predicted molar refractivity (Wildman–Crippen MR) is 111 cm³/mol. The van der Waals surface area contributed by atoms with E-state index in [2.05, 4.69) is 4.98 Å². The lowest BCUT2D eigenvalue weighted by molar-refractivity contribution is 0.0946. The summed E-state index contributed by atoms with van der Waals surface area (Å²) in [5, 5.41) is 0.264. The van der Waals surface area contributed by atoms with Crippen molar-refractivity contribution in [2.45, 2.75) is 32.3 Å². The fourth-order valence-electron chi connectivity index (χ4n) is 3.19. The molecule has 1 heterocycles. The van der Waals surface area contributed by atoms with Crippen molar-refractivity contribution in [3.8, 4) is 22.8 Å². The number of benzene rings is 1. The van der Waals surface area contributed by atoms with Crippen LogP contribution in [0.2, 0.25) is 5.02 Å². The predicted octanol–water partition coefficient (Wildman–Crippen LogP) is 3.81. The molecular weight excluding hydrogens is 435 g/mol. The van der Waals surface area contributed by atoms with E-state index >= 15 is 0 Å². The molecule has 10 heteroatoms. The Kier molecular flexibility index (Phi) is 6.52. The number of ether oxygens (including phenoxy) is 2. The molecule has 2 aromatic rings. The van der Waals surface area contributed by atoms with Crippen molar-refractivity contribution in [3.63, 3.8) is 0 Å². The van der Waals surface area contributed by atoms with Crippen LogP contribution in [0.4, 0.5) is 4.39 Å². The SMILES string of the molecule is COc1cc(C(=O)NS(C)(=O)=O)c(F)cc1-c1cnc(O[C@@H](C)C2CCC2)c(Cl)c1. The van der Waals surface area contributed by atoms with Gasteiger partial charge in [0, 0.05) is 17.3 Å². The second-order valence-corrected chi connectivity index (χ2v) is 9.42. The Balaban J connectivity index is 1.90. The van der Waals surface area contributed by atoms with E-state index in [1.165, 1.54) is 19.7 Å². The van der Waals surface area contributed by atoms with Gasteiger partial charge in [-0.05, 0) is 43.9 Å². The second kappa shape index (κ2) is 8.77. The van der Waals surface area contributed by atoms with Gasteiger partial charge in [0.2, 0.25) is 15.9 Å². The molecule has 0 radical (unpaired) electrons. The van der Waals surface area contributed by atoms with E-state index in [9.17, 15) is 17.6 Å². The molecule has 0 bridgehead atoms. The van der Waals surface area contributed by atoms with Crippen LogP contribution in [0.15, 0.2) is 24.4 Å². The zero-order valence-corrected chi connectivity index (χ0v) is 18.3. The van der Waals surface area contributed by atoms with Gasteiger partial charge in [-0.2, -0.15) is 0 Å². The van der Waals surface area contributed by atoms with Crippen LogP contribution in [-0.4, -0.2) is 38.8 Å². The van der Waals surface area contributed by atoms with E-state index < -0.39 is 27.3 Å². The van der Waals surface area contributed by atoms with Crippen molar-refractivity contribution in [1.82, 2.24) is 9.71 Å². The maximum atomic E-state index is 14.6. The molecule has 7 nitrogen and oxygen atoms in total. The van der Waals surface area contributed by atoms with Crippen molar-refractivity contribution in [1.29, 1.82) is 0 Å². The van der Waals surface area contributed by atoms with Gasteiger partial charge in [-0.15, -0.1) is 0 Å². The van der Waals surface area contributed by atoms with Crippen LogP contribution in [0.3, 0.4) is 0 Å². The molecule has 0 saturated heterocycles. The zero-order valence-electron chi connectivity index (χ0n) is 16.7. The first-order chi connectivity index (χ1) is 14.1. The van der Waals surface area contributed by atoms with E-state index in [0.717, 1.165) is 31.2 Å². The molecule has 1 aromatic carbocycles. The first-order valence-electron chi connectivity index (χ1n) is 9.31. The molecule has 1 aliphatic carbocycles. The molecule has 0 unspecified atom stereocenters. The summed E-state index contributed by atoms with van der Waals surface area (Å²) in [6.45, 7) is 1.98. The molecule has 1 fully saturated rings. The van der Waals surface area contributed by atoms with Crippen molar-refractivity contribution < 1.29 is 27.1 Å². The average Bonchev–Trinajstić information content (AvgIpc) is 2.60. The lowest BCUT2D eigenvalue weighted by Gasteiger charge is -2.31. The van der Waals surface area contributed by atoms with E-state index in [1.807, 2.05) is 6.92 Å². The maximum absolute atomic E-state index is 14.6. The van der Waals surface area contributed by atoms with Crippen LogP contribution in [0.1, 0.15) is 36.5 Å². The summed E-state index contributed by atoms with van der Waals surface area (Å²) in [6, 6.07) is 3.77. The van der Waals surface area contributed by atoms with E-state index in [4.69, 9.17) is 21.1 Å². The summed E-state index contributed by atoms with van der Waals surface area (Å²) in [4.78, 5) is 16.3. The number of halogens is 2. The highest BCUT2D eigenvalue weighted by Crippen LogP contribution is 2.37. The summed E-state index contributed by atoms with van der Waals surface area (Å²) in [7, 11) is -2.49. The number of carbonyl (C=O) groups is 1. The molecule has 1 atom stereocenters. The number of hydrogen-bond donors (Lipinski definition) is 1. The van der Waals surface area contributed by atoms with Crippen LogP contribution in [0.25, 0.3) is 11.1 Å². The minimum absolute atomic E-state index is 0.00535. The number of methoxy groups -OCH3 is 1. The largest absolute Gasteiger partial charge is 0.496 e. The van der Waals surface area contributed by atoms with Crippen LogP contribution >= 0.6 is 11.6 Å². The smallest absolute Gasteiger partial charge is 0.267 e. The number of nitrogens with zero attached hydrogens (tertiary/aromatic N) is 1. The van der Waals surface area contributed by atoms with Crippen molar-refractivity contribution >= 4 is 27.5 Å². The summed E-state index contributed by atoms with van der Waals surface area (Å²) >= 11 is 6.33. The number of amides is 1. The minimum Gasteiger partial charge on any atom is -0.496 e. The molecule has 162 valence electrons. The average molecular weight is 457 g/mol. The number of pyridine rings is 1. The Bertz CT molecular complexity index is 1070. The molecule has 1 N–H and O–H groups in total. The van der Waals surface area contributed by atoms with Crippen molar-refractivity contribution in [2.24, 2.45) is 5.92 Å². The van der Waals surface area contributed by atoms with Gasteiger partial charge in [-0.3, -0.25) is 4.79 Å². The number of aromatic nitrogens is 1. The van der Waals surface area contributed by atoms with Crippen LogP contribution in [-0.2, 0) is 10.0 Å². The van der Waals surface area contributed by atoms with Gasteiger partial charge in [0.1, 0.15) is 22.7 Å².